The molecular weight excluding hydrogens is 268 g/mol. The molecule has 0 aliphatic heterocycles. The Hall–Kier alpha value is -2.76. The van der Waals surface area contributed by atoms with E-state index in [1.807, 2.05) is 0 Å². The van der Waals surface area contributed by atoms with Crippen LogP contribution in [0.5, 0.6) is 0 Å². The minimum absolute atomic E-state index is 0.00690. The van der Waals surface area contributed by atoms with Gasteiger partial charge in [0.2, 0.25) is 0 Å². The van der Waals surface area contributed by atoms with E-state index in [0.717, 1.165) is 18.2 Å². The van der Waals surface area contributed by atoms with Crippen LogP contribution in [0.2, 0.25) is 0 Å². The molecule has 4 nitrogen and oxygen atoms in total. The average molecular weight is 277 g/mol. The summed E-state index contributed by atoms with van der Waals surface area (Å²) in [5.74, 6) is -3.81. The molecule has 0 fully saturated rings. The van der Waals surface area contributed by atoms with Crippen LogP contribution in [0.4, 0.5) is 14.5 Å². The molecule has 2 N–H and O–H groups in total. The van der Waals surface area contributed by atoms with Gasteiger partial charge < -0.3 is 10.4 Å². The highest BCUT2D eigenvalue weighted by Crippen LogP contribution is 2.19. The zero-order valence-electron chi connectivity index (χ0n) is 10.1. The Morgan fingerprint density at radius 1 is 0.950 bits per heavy atom. The van der Waals surface area contributed by atoms with Crippen LogP contribution < -0.4 is 5.32 Å². The van der Waals surface area contributed by atoms with Crippen molar-refractivity contribution in [2.75, 3.05) is 5.32 Å². The van der Waals surface area contributed by atoms with Crippen molar-refractivity contribution in [3.8, 4) is 0 Å². The van der Waals surface area contributed by atoms with E-state index < -0.39 is 29.2 Å². The summed E-state index contributed by atoms with van der Waals surface area (Å²) >= 11 is 0. The number of halogens is 2. The first-order valence-corrected chi connectivity index (χ1v) is 5.58. The van der Waals surface area contributed by atoms with Crippen LogP contribution >= 0.6 is 0 Å². The Labute approximate surface area is 112 Å². The maximum Gasteiger partial charge on any atom is 0.335 e. The second-order valence-corrected chi connectivity index (χ2v) is 3.94. The van der Waals surface area contributed by atoms with E-state index in [2.05, 4.69) is 5.32 Å². The van der Waals surface area contributed by atoms with Gasteiger partial charge >= 0.3 is 5.97 Å². The Bertz CT molecular complexity index is 666. The number of carboxylic acids is 1. The Kier molecular flexibility index (Phi) is 3.74. The van der Waals surface area contributed by atoms with Crippen LogP contribution in [-0.2, 0) is 0 Å². The van der Waals surface area contributed by atoms with Crippen LogP contribution in [0.1, 0.15) is 20.7 Å². The van der Waals surface area contributed by atoms with Crippen LogP contribution in [0.3, 0.4) is 0 Å². The molecule has 0 bridgehead atoms. The van der Waals surface area contributed by atoms with Crippen molar-refractivity contribution >= 4 is 17.6 Å². The van der Waals surface area contributed by atoms with Crippen molar-refractivity contribution in [3.05, 3.63) is 65.2 Å². The van der Waals surface area contributed by atoms with Crippen molar-refractivity contribution < 1.29 is 23.5 Å². The normalized spacial score (nSPS) is 10.1. The van der Waals surface area contributed by atoms with Gasteiger partial charge in [-0.15, -0.1) is 0 Å². The lowest BCUT2D eigenvalue weighted by Crippen LogP contribution is -2.15. The van der Waals surface area contributed by atoms with E-state index >= 15 is 0 Å². The molecule has 0 radical (unpaired) electrons. The summed E-state index contributed by atoms with van der Waals surface area (Å²) in [6.45, 7) is 0. The first-order valence-electron chi connectivity index (χ1n) is 5.58. The summed E-state index contributed by atoms with van der Waals surface area (Å²) in [4.78, 5) is 22.6. The van der Waals surface area contributed by atoms with Crippen LogP contribution in [0.15, 0.2) is 42.5 Å². The zero-order chi connectivity index (χ0) is 14.7. The molecule has 0 unspecified atom stereocenters. The lowest BCUT2D eigenvalue weighted by Gasteiger charge is -2.07. The SMILES string of the molecule is O=C(O)c1cccc(C(=O)Nc2c(F)cccc2F)c1. The molecule has 2 aromatic rings. The number of carbonyl (C=O) groups is 2. The van der Waals surface area contributed by atoms with E-state index in [9.17, 15) is 18.4 Å². The number of nitrogens with one attached hydrogen (secondary N) is 1. The van der Waals surface area contributed by atoms with Crippen LogP contribution in [0.25, 0.3) is 0 Å². The van der Waals surface area contributed by atoms with Crippen LogP contribution in [0, 0.1) is 11.6 Å². The van der Waals surface area contributed by atoms with Gasteiger partial charge in [0, 0.05) is 5.56 Å². The smallest absolute Gasteiger partial charge is 0.335 e. The summed E-state index contributed by atoms with van der Waals surface area (Å²) in [6, 6.07) is 8.33. The molecule has 20 heavy (non-hydrogen) atoms. The maximum atomic E-state index is 13.4. The number of anilines is 1. The van der Waals surface area contributed by atoms with Crippen molar-refractivity contribution in [3.63, 3.8) is 0 Å². The van der Waals surface area contributed by atoms with E-state index in [1.54, 1.807) is 0 Å². The van der Waals surface area contributed by atoms with Gasteiger partial charge in [-0.25, -0.2) is 13.6 Å². The van der Waals surface area contributed by atoms with Gasteiger partial charge in [0.1, 0.15) is 17.3 Å². The number of benzene rings is 2. The Morgan fingerprint density at radius 2 is 1.50 bits per heavy atom. The minimum Gasteiger partial charge on any atom is -0.478 e. The second kappa shape index (κ2) is 5.48. The van der Waals surface area contributed by atoms with Gasteiger partial charge in [0.05, 0.1) is 5.56 Å². The Morgan fingerprint density at radius 3 is 2.10 bits per heavy atom. The predicted octanol–water partition coefficient (Wildman–Crippen LogP) is 2.92. The summed E-state index contributed by atoms with van der Waals surface area (Å²) in [6.07, 6.45) is 0. The third kappa shape index (κ3) is 2.80. The van der Waals surface area contributed by atoms with Gasteiger partial charge in [-0.1, -0.05) is 12.1 Å². The molecule has 102 valence electrons. The van der Waals surface area contributed by atoms with Crippen molar-refractivity contribution in [2.45, 2.75) is 0 Å². The van der Waals surface area contributed by atoms with Crippen molar-refractivity contribution in [1.29, 1.82) is 0 Å². The molecule has 0 aromatic heterocycles. The van der Waals surface area contributed by atoms with Gasteiger partial charge in [-0.05, 0) is 30.3 Å². The molecule has 0 saturated carbocycles. The third-order valence-corrected chi connectivity index (χ3v) is 2.57. The highest BCUT2D eigenvalue weighted by molar-refractivity contribution is 6.05. The third-order valence-electron chi connectivity index (χ3n) is 2.57. The quantitative estimate of drug-likeness (QED) is 0.906. The van der Waals surface area contributed by atoms with E-state index in [1.165, 1.54) is 24.3 Å². The minimum atomic E-state index is -1.20. The topological polar surface area (TPSA) is 66.4 Å². The number of amides is 1. The van der Waals surface area contributed by atoms with E-state index in [4.69, 9.17) is 5.11 Å². The number of para-hydroxylation sites is 1. The summed E-state index contributed by atoms with van der Waals surface area (Å²) in [7, 11) is 0. The first-order chi connectivity index (χ1) is 9.49. The van der Waals surface area contributed by atoms with Gasteiger partial charge in [0.25, 0.3) is 5.91 Å². The highest BCUT2D eigenvalue weighted by Gasteiger charge is 2.14. The highest BCUT2D eigenvalue weighted by atomic mass is 19.1. The van der Waals surface area contributed by atoms with Gasteiger partial charge in [0.15, 0.2) is 0 Å². The fourth-order valence-electron chi connectivity index (χ4n) is 1.60. The lowest BCUT2D eigenvalue weighted by molar-refractivity contribution is 0.0697. The zero-order valence-corrected chi connectivity index (χ0v) is 10.1. The average Bonchev–Trinajstić information content (AvgIpc) is 2.43. The van der Waals surface area contributed by atoms with E-state index in [0.29, 0.717) is 0 Å². The van der Waals surface area contributed by atoms with Crippen molar-refractivity contribution in [2.24, 2.45) is 0 Å². The number of hydrogen-bond donors (Lipinski definition) is 2. The first kappa shape index (κ1) is 13.7. The Balaban J connectivity index is 2.29. The molecule has 0 aliphatic carbocycles. The standard InChI is InChI=1S/C14H9F2NO3/c15-10-5-2-6-11(16)12(10)17-13(18)8-3-1-4-9(7-8)14(19)20/h1-7H,(H,17,18)(H,19,20). The number of carbonyl (C=O) groups excluding carboxylic acids is 1. The molecule has 0 atom stereocenters. The fraction of sp³-hybridized carbons (Fsp3) is 0. The number of hydrogen-bond acceptors (Lipinski definition) is 2. The predicted molar refractivity (Wildman–Crippen MR) is 67.7 cm³/mol. The number of rotatable bonds is 3. The molecule has 2 rings (SSSR count). The fourth-order valence-corrected chi connectivity index (χ4v) is 1.60. The van der Waals surface area contributed by atoms with Crippen molar-refractivity contribution in [1.82, 2.24) is 0 Å². The van der Waals surface area contributed by atoms with Crippen LogP contribution in [-0.4, -0.2) is 17.0 Å². The number of aromatic carboxylic acids is 1. The molecule has 6 heteroatoms. The molecule has 0 saturated heterocycles. The second-order valence-electron chi connectivity index (χ2n) is 3.94. The molecule has 1 amide bonds. The maximum absolute atomic E-state index is 13.4. The molecular formula is C14H9F2NO3. The number of carboxylic acid groups (broad SMARTS) is 1. The molecule has 2 aromatic carbocycles. The van der Waals surface area contributed by atoms with Gasteiger partial charge in [-0.2, -0.15) is 0 Å². The van der Waals surface area contributed by atoms with E-state index in [-0.39, 0.29) is 11.1 Å². The monoisotopic (exact) mass is 277 g/mol. The molecule has 0 spiro atoms. The summed E-state index contributed by atoms with van der Waals surface area (Å²) in [5.41, 5.74) is -0.669. The lowest BCUT2D eigenvalue weighted by atomic mass is 10.1. The van der Waals surface area contributed by atoms with Gasteiger partial charge in [-0.3, -0.25) is 4.79 Å². The molecule has 0 heterocycles. The summed E-state index contributed by atoms with van der Waals surface area (Å²) in [5, 5.41) is 10.9. The molecule has 0 aliphatic rings. The largest absolute Gasteiger partial charge is 0.478 e. The summed E-state index contributed by atoms with van der Waals surface area (Å²) < 4.78 is 26.8.